The van der Waals surface area contributed by atoms with Crippen molar-refractivity contribution in [3.05, 3.63) is 71.8 Å². The molecule has 144 valence electrons. The number of sulfonamides is 1. The fraction of sp³-hybridized carbons (Fsp3) is 0.381. The third kappa shape index (κ3) is 5.40. The molecule has 6 heteroatoms. The fourth-order valence-electron chi connectivity index (χ4n) is 3.46. The molecule has 1 N–H and O–H groups in total. The van der Waals surface area contributed by atoms with Gasteiger partial charge in [0.15, 0.2) is 0 Å². The minimum atomic E-state index is -3.54. The van der Waals surface area contributed by atoms with Crippen LogP contribution in [0.4, 0.5) is 0 Å². The molecule has 0 saturated carbocycles. The summed E-state index contributed by atoms with van der Waals surface area (Å²) in [6, 6.07) is 18.4. The van der Waals surface area contributed by atoms with E-state index in [1.165, 1.54) is 4.31 Å². The van der Waals surface area contributed by atoms with Crippen molar-refractivity contribution in [3.63, 3.8) is 0 Å². The first kappa shape index (κ1) is 19.6. The number of rotatable bonds is 7. The summed E-state index contributed by atoms with van der Waals surface area (Å²) in [4.78, 5) is 12.7. The summed E-state index contributed by atoms with van der Waals surface area (Å²) >= 11 is 0. The Kier molecular flexibility index (Phi) is 6.63. The van der Waals surface area contributed by atoms with E-state index in [2.05, 4.69) is 5.32 Å². The lowest BCUT2D eigenvalue weighted by atomic mass is 10.0. The molecule has 3 rings (SSSR count). The molecular weight excluding hydrogens is 360 g/mol. The third-order valence-electron chi connectivity index (χ3n) is 4.86. The van der Waals surface area contributed by atoms with Crippen LogP contribution in [-0.2, 0) is 27.0 Å². The number of piperidine rings is 1. The van der Waals surface area contributed by atoms with Crippen molar-refractivity contribution in [3.8, 4) is 0 Å². The van der Waals surface area contributed by atoms with Gasteiger partial charge in [0, 0.05) is 13.1 Å². The number of nitrogens with zero attached hydrogens (tertiary/aromatic N) is 1. The zero-order valence-electron chi connectivity index (χ0n) is 15.4. The van der Waals surface area contributed by atoms with Gasteiger partial charge in [0.1, 0.15) is 6.04 Å². The smallest absolute Gasteiger partial charge is 0.238 e. The zero-order chi connectivity index (χ0) is 19.1. The van der Waals surface area contributed by atoms with Crippen molar-refractivity contribution in [2.45, 2.75) is 37.5 Å². The van der Waals surface area contributed by atoms with Crippen LogP contribution in [0.25, 0.3) is 0 Å². The predicted octanol–water partition coefficient (Wildman–Crippen LogP) is 2.73. The van der Waals surface area contributed by atoms with Gasteiger partial charge < -0.3 is 5.32 Å². The Balaban J connectivity index is 1.62. The molecule has 0 aromatic heterocycles. The van der Waals surface area contributed by atoms with Gasteiger partial charge in [-0.15, -0.1) is 0 Å². The molecule has 2 aromatic rings. The van der Waals surface area contributed by atoms with Crippen molar-refractivity contribution in [2.24, 2.45) is 0 Å². The van der Waals surface area contributed by atoms with Gasteiger partial charge in [-0.25, -0.2) is 8.42 Å². The van der Waals surface area contributed by atoms with E-state index >= 15 is 0 Å². The van der Waals surface area contributed by atoms with Crippen molar-refractivity contribution in [1.29, 1.82) is 0 Å². The van der Waals surface area contributed by atoms with Crippen LogP contribution in [0.5, 0.6) is 0 Å². The highest BCUT2D eigenvalue weighted by Gasteiger charge is 2.36. The minimum Gasteiger partial charge on any atom is -0.354 e. The Morgan fingerprint density at radius 3 is 2.26 bits per heavy atom. The normalized spacial score (nSPS) is 18.1. The molecule has 5 nitrogen and oxygen atoms in total. The lowest BCUT2D eigenvalue weighted by molar-refractivity contribution is -0.125. The molecule has 1 heterocycles. The summed E-state index contributed by atoms with van der Waals surface area (Å²) in [5, 5.41) is 2.92. The molecule has 2 aromatic carbocycles. The average molecular weight is 387 g/mol. The van der Waals surface area contributed by atoms with Crippen LogP contribution in [-0.4, -0.2) is 37.8 Å². The van der Waals surface area contributed by atoms with Gasteiger partial charge in [-0.05, 0) is 30.4 Å². The van der Waals surface area contributed by atoms with Gasteiger partial charge in [-0.3, -0.25) is 4.79 Å². The van der Waals surface area contributed by atoms with Crippen LogP contribution >= 0.6 is 0 Å². The monoisotopic (exact) mass is 386 g/mol. The quantitative estimate of drug-likeness (QED) is 0.796. The highest BCUT2D eigenvalue weighted by atomic mass is 32.2. The Hall–Kier alpha value is -2.18. The SMILES string of the molecule is O=C(NCCc1ccccc1)C1CCCCN1S(=O)(=O)Cc1ccccc1. The van der Waals surface area contributed by atoms with E-state index in [0.717, 1.165) is 30.4 Å². The molecule has 1 fully saturated rings. The summed E-state index contributed by atoms with van der Waals surface area (Å²) in [5.74, 6) is -0.260. The van der Waals surface area contributed by atoms with E-state index in [1.54, 1.807) is 12.1 Å². The van der Waals surface area contributed by atoms with E-state index in [4.69, 9.17) is 0 Å². The van der Waals surface area contributed by atoms with Crippen LogP contribution < -0.4 is 5.32 Å². The standard InChI is InChI=1S/C21H26N2O3S/c24-21(22-15-14-18-9-3-1-4-10-18)20-13-7-8-16-23(20)27(25,26)17-19-11-5-2-6-12-19/h1-6,9-12,20H,7-8,13-17H2,(H,22,24). The van der Waals surface area contributed by atoms with Gasteiger partial charge in [0.25, 0.3) is 0 Å². The lowest BCUT2D eigenvalue weighted by Crippen LogP contribution is -2.52. The molecule has 1 unspecified atom stereocenters. The molecular formula is C21H26N2O3S. The molecule has 27 heavy (non-hydrogen) atoms. The largest absolute Gasteiger partial charge is 0.354 e. The Morgan fingerprint density at radius 1 is 0.963 bits per heavy atom. The third-order valence-corrected chi connectivity index (χ3v) is 6.71. The fourth-order valence-corrected chi connectivity index (χ4v) is 5.24. The van der Waals surface area contributed by atoms with Gasteiger partial charge in [0.2, 0.25) is 15.9 Å². The maximum atomic E-state index is 12.9. The van der Waals surface area contributed by atoms with Gasteiger partial charge >= 0.3 is 0 Å². The second-order valence-electron chi connectivity index (χ2n) is 6.89. The molecule has 1 aliphatic rings. The second kappa shape index (κ2) is 9.15. The highest BCUT2D eigenvalue weighted by molar-refractivity contribution is 7.88. The maximum Gasteiger partial charge on any atom is 0.238 e. The number of carbonyl (C=O) groups excluding carboxylic acids is 1. The van der Waals surface area contributed by atoms with E-state index in [1.807, 2.05) is 48.5 Å². The van der Waals surface area contributed by atoms with Crippen LogP contribution in [0.1, 0.15) is 30.4 Å². The number of carbonyl (C=O) groups is 1. The number of hydrogen-bond donors (Lipinski definition) is 1. The summed E-state index contributed by atoms with van der Waals surface area (Å²) < 4.78 is 27.2. The maximum absolute atomic E-state index is 12.9. The van der Waals surface area contributed by atoms with E-state index in [0.29, 0.717) is 19.5 Å². The first-order valence-electron chi connectivity index (χ1n) is 9.41. The first-order chi connectivity index (χ1) is 13.1. The van der Waals surface area contributed by atoms with E-state index in [-0.39, 0.29) is 11.7 Å². The number of amides is 1. The van der Waals surface area contributed by atoms with Crippen LogP contribution in [0.15, 0.2) is 60.7 Å². The van der Waals surface area contributed by atoms with E-state index < -0.39 is 16.1 Å². The van der Waals surface area contributed by atoms with Gasteiger partial charge in [-0.2, -0.15) is 4.31 Å². The topological polar surface area (TPSA) is 66.5 Å². The number of benzene rings is 2. The lowest BCUT2D eigenvalue weighted by Gasteiger charge is -2.33. The molecule has 0 bridgehead atoms. The summed E-state index contributed by atoms with van der Waals surface area (Å²) in [6.45, 7) is 0.915. The summed E-state index contributed by atoms with van der Waals surface area (Å²) in [5.41, 5.74) is 1.89. The molecule has 1 saturated heterocycles. The summed E-state index contributed by atoms with van der Waals surface area (Å²) in [7, 11) is -3.54. The van der Waals surface area contributed by atoms with Crippen LogP contribution in [0, 0.1) is 0 Å². The molecule has 0 radical (unpaired) electrons. The first-order valence-corrected chi connectivity index (χ1v) is 11.0. The van der Waals surface area contributed by atoms with Gasteiger partial charge in [0.05, 0.1) is 5.75 Å². The Morgan fingerprint density at radius 2 is 1.59 bits per heavy atom. The van der Waals surface area contributed by atoms with Crippen LogP contribution in [0.3, 0.4) is 0 Å². The number of nitrogens with one attached hydrogen (secondary N) is 1. The van der Waals surface area contributed by atoms with E-state index in [9.17, 15) is 13.2 Å². The Labute approximate surface area is 161 Å². The average Bonchev–Trinajstić information content (AvgIpc) is 2.69. The second-order valence-corrected chi connectivity index (χ2v) is 8.81. The molecule has 1 atom stereocenters. The van der Waals surface area contributed by atoms with Crippen molar-refractivity contribution >= 4 is 15.9 Å². The van der Waals surface area contributed by atoms with Gasteiger partial charge in [-0.1, -0.05) is 67.1 Å². The van der Waals surface area contributed by atoms with Crippen molar-refractivity contribution in [2.75, 3.05) is 13.1 Å². The zero-order valence-corrected chi connectivity index (χ0v) is 16.2. The highest BCUT2D eigenvalue weighted by Crippen LogP contribution is 2.23. The molecule has 1 aliphatic heterocycles. The predicted molar refractivity (Wildman–Crippen MR) is 107 cm³/mol. The summed E-state index contributed by atoms with van der Waals surface area (Å²) in [6.07, 6.45) is 2.97. The van der Waals surface area contributed by atoms with Crippen molar-refractivity contribution in [1.82, 2.24) is 9.62 Å². The molecule has 0 spiro atoms. The van der Waals surface area contributed by atoms with Crippen LogP contribution in [0.2, 0.25) is 0 Å². The molecule has 0 aliphatic carbocycles. The number of hydrogen-bond acceptors (Lipinski definition) is 3. The minimum absolute atomic E-state index is 0.0678. The molecule has 1 amide bonds. The van der Waals surface area contributed by atoms with Crippen molar-refractivity contribution < 1.29 is 13.2 Å². The Bertz CT molecular complexity index is 838.